The molecule has 0 amide bonds. The summed E-state index contributed by atoms with van der Waals surface area (Å²) >= 11 is 0. The number of pyridine rings is 1. The van der Waals surface area contributed by atoms with Gasteiger partial charge in [-0.1, -0.05) is 32.0 Å². The fourth-order valence-corrected chi connectivity index (χ4v) is 3.67. The number of hydrogen-bond acceptors (Lipinski definition) is 3. The normalized spacial score (nSPS) is 12.0. The second-order valence-corrected chi connectivity index (χ2v) is 7.32. The molecule has 1 heterocycles. The molecule has 0 saturated carbocycles. The summed E-state index contributed by atoms with van der Waals surface area (Å²) in [5.74, 6) is 0. The molecule has 0 spiro atoms. The minimum absolute atomic E-state index is 0.363. The van der Waals surface area contributed by atoms with E-state index in [1.54, 1.807) is 19.4 Å². The van der Waals surface area contributed by atoms with Crippen LogP contribution in [-0.2, 0) is 16.8 Å². The van der Waals surface area contributed by atoms with E-state index in [4.69, 9.17) is 0 Å². The summed E-state index contributed by atoms with van der Waals surface area (Å²) in [6.45, 7) is 4.94. The van der Waals surface area contributed by atoms with E-state index in [1.807, 2.05) is 50.2 Å². The molecule has 0 aliphatic carbocycles. The Morgan fingerprint density at radius 1 is 1.00 bits per heavy atom. The van der Waals surface area contributed by atoms with Crippen molar-refractivity contribution < 1.29 is 8.42 Å². The van der Waals surface area contributed by atoms with Crippen molar-refractivity contribution in [2.24, 2.45) is 0 Å². The molecule has 0 unspecified atom stereocenters. The van der Waals surface area contributed by atoms with Crippen molar-refractivity contribution in [2.45, 2.75) is 20.4 Å². The molecule has 0 radical (unpaired) electrons. The average Bonchev–Trinajstić information content (AvgIpc) is 2.59. The summed E-state index contributed by atoms with van der Waals surface area (Å²) in [6, 6.07) is 11.8. The van der Waals surface area contributed by atoms with Crippen LogP contribution >= 0.6 is 0 Å². The van der Waals surface area contributed by atoms with Gasteiger partial charge in [-0.2, -0.15) is 17.0 Å². The van der Waals surface area contributed by atoms with Gasteiger partial charge in [-0.15, -0.1) is 0 Å². The third kappa shape index (κ3) is 4.16. The van der Waals surface area contributed by atoms with E-state index in [0.29, 0.717) is 19.6 Å². The largest absolute Gasteiger partial charge is 0.282 e. The van der Waals surface area contributed by atoms with Crippen LogP contribution in [-0.4, -0.2) is 42.1 Å². The topological polar surface area (TPSA) is 53.5 Å². The van der Waals surface area contributed by atoms with Gasteiger partial charge in [-0.05, 0) is 34.9 Å². The molecule has 0 aliphatic rings. The second kappa shape index (κ2) is 7.68. The summed E-state index contributed by atoms with van der Waals surface area (Å²) in [4.78, 5) is 4.02. The molecule has 6 heteroatoms. The van der Waals surface area contributed by atoms with Crippen molar-refractivity contribution in [1.29, 1.82) is 0 Å². The van der Waals surface area contributed by atoms with Crippen molar-refractivity contribution in [3.8, 4) is 11.1 Å². The zero-order valence-corrected chi connectivity index (χ0v) is 14.6. The Balaban J connectivity index is 2.26. The first-order chi connectivity index (χ1) is 11.0. The van der Waals surface area contributed by atoms with Crippen LogP contribution in [0.3, 0.4) is 0 Å². The lowest BCUT2D eigenvalue weighted by atomic mass is 10.0. The Kier molecular flexibility index (Phi) is 5.87. The van der Waals surface area contributed by atoms with E-state index in [-0.39, 0.29) is 0 Å². The fourth-order valence-electron chi connectivity index (χ4n) is 2.31. The first-order valence-electron chi connectivity index (χ1n) is 7.69. The maximum Gasteiger partial charge on any atom is 0.282 e. The zero-order valence-electron chi connectivity index (χ0n) is 13.8. The number of nitrogens with zero attached hydrogens (tertiary/aromatic N) is 3. The third-order valence-corrected chi connectivity index (χ3v) is 5.90. The monoisotopic (exact) mass is 333 g/mol. The summed E-state index contributed by atoms with van der Waals surface area (Å²) in [5.41, 5.74) is 3.09. The van der Waals surface area contributed by atoms with Gasteiger partial charge in [0.1, 0.15) is 0 Å². The Labute approximate surface area is 138 Å². The lowest BCUT2D eigenvalue weighted by Gasteiger charge is -2.26. The van der Waals surface area contributed by atoms with Gasteiger partial charge in [0.15, 0.2) is 0 Å². The van der Waals surface area contributed by atoms with Gasteiger partial charge in [0, 0.05) is 39.1 Å². The van der Waals surface area contributed by atoms with Crippen LogP contribution in [0.15, 0.2) is 48.8 Å². The maximum atomic E-state index is 12.5. The zero-order chi connectivity index (χ0) is 16.9. The van der Waals surface area contributed by atoms with Crippen molar-refractivity contribution in [3.05, 3.63) is 54.4 Å². The fraction of sp³-hybridized carbons (Fsp3) is 0.353. The van der Waals surface area contributed by atoms with E-state index in [0.717, 1.165) is 16.7 Å². The van der Waals surface area contributed by atoms with Crippen LogP contribution in [0.25, 0.3) is 11.1 Å². The van der Waals surface area contributed by atoms with Gasteiger partial charge in [0.2, 0.25) is 0 Å². The molecule has 0 aliphatic heterocycles. The van der Waals surface area contributed by atoms with Crippen LogP contribution in [0.1, 0.15) is 19.4 Å². The molecule has 0 bridgehead atoms. The van der Waals surface area contributed by atoms with E-state index in [1.165, 1.54) is 8.61 Å². The standard InChI is InChI=1S/C17H23N3O2S/c1-4-19(3)23(21,22)20(5-2)14-15-7-6-8-17(13-15)16-9-11-18-12-10-16/h6-13H,4-5,14H2,1-3H3. The highest BCUT2D eigenvalue weighted by atomic mass is 32.2. The van der Waals surface area contributed by atoms with Crippen LogP contribution in [0, 0.1) is 0 Å². The second-order valence-electron chi connectivity index (χ2n) is 5.28. The number of hydrogen-bond donors (Lipinski definition) is 0. The predicted molar refractivity (Wildman–Crippen MR) is 93.0 cm³/mol. The average molecular weight is 333 g/mol. The molecule has 2 aromatic rings. The number of aromatic nitrogens is 1. The molecule has 1 aromatic heterocycles. The molecular weight excluding hydrogens is 310 g/mol. The minimum atomic E-state index is -3.42. The molecular formula is C17H23N3O2S. The van der Waals surface area contributed by atoms with Gasteiger partial charge >= 0.3 is 0 Å². The van der Waals surface area contributed by atoms with Gasteiger partial charge in [0.25, 0.3) is 10.2 Å². The van der Waals surface area contributed by atoms with Crippen molar-refractivity contribution >= 4 is 10.2 Å². The van der Waals surface area contributed by atoms with E-state index < -0.39 is 10.2 Å². The maximum absolute atomic E-state index is 12.5. The summed E-state index contributed by atoms with van der Waals surface area (Å²) in [7, 11) is -1.82. The first kappa shape index (κ1) is 17.6. The molecule has 124 valence electrons. The summed E-state index contributed by atoms with van der Waals surface area (Å²) in [6.07, 6.45) is 3.50. The highest BCUT2D eigenvalue weighted by molar-refractivity contribution is 7.86. The predicted octanol–water partition coefficient (Wildman–Crippen LogP) is 2.77. The molecule has 0 saturated heterocycles. The summed E-state index contributed by atoms with van der Waals surface area (Å²) in [5, 5.41) is 0. The quantitative estimate of drug-likeness (QED) is 0.783. The third-order valence-electron chi connectivity index (χ3n) is 3.82. The number of rotatable bonds is 7. The number of benzene rings is 1. The van der Waals surface area contributed by atoms with Gasteiger partial charge in [-0.25, -0.2) is 0 Å². The summed E-state index contributed by atoms with van der Waals surface area (Å²) < 4.78 is 27.8. The smallest absolute Gasteiger partial charge is 0.265 e. The molecule has 0 atom stereocenters. The Hall–Kier alpha value is -1.76. The molecule has 0 fully saturated rings. The SMILES string of the molecule is CCN(C)S(=O)(=O)N(CC)Cc1cccc(-c2ccncc2)c1. The van der Waals surface area contributed by atoms with E-state index in [2.05, 4.69) is 4.98 Å². The van der Waals surface area contributed by atoms with Crippen LogP contribution in [0.2, 0.25) is 0 Å². The lowest BCUT2D eigenvalue weighted by molar-refractivity contribution is 0.370. The first-order valence-corrected chi connectivity index (χ1v) is 9.09. The molecule has 0 N–H and O–H groups in total. The van der Waals surface area contributed by atoms with Gasteiger partial charge in [-0.3, -0.25) is 4.98 Å². The van der Waals surface area contributed by atoms with Crippen molar-refractivity contribution in [1.82, 2.24) is 13.6 Å². The van der Waals surface area contributed by atoms with Gasteiger partial charge in [0.05, 0.1) is 0 Å². The minimum Gasteiger partial charge on any atom is -0.265 e. The van der Waals surface area contributed by atoms with E-state index >= 15 is 0 Å². The van der Waals surface area contributed by atoms with Crippen LogP contribution in [0.4, 0.5) is 0 Å². The lowest BCUT2D eigenvalue weighted by Crippen LogP contribution is -2.41. The van der Waals surface area contributed by atoms with E-state index in [9.17, 15) is 8.42 Å². The van der Waals surface area contributed by atoms with Gasteiger partial charge < -0.3 is 0 Å². The molecule has 2 rings (SSSR count). The Morgan fingerprint density at radius 3 is 2.30 bits per heavy atom. The van der Waals surface area contributed by atoms with Crippen LogP contribution in [0.5, 0.6) is 0 Å². The molecule has 5 nitrogen and oxygen atoms in total. The highest BCUT2D eigenvalue weighted by Gasteiger charge is 2.24. The Bertz CT molecular complexity index is 733. The van der Waals surface area contributed by atoms with Crippen molar-refractivity contribution in [3.63, 3.8) is 0 Å². The van der Waals surface area contributed by atoms with Crippen molar-refractivity contribution in [2.75, 3.05) is 20.1 Å². The highest BCUT2D eigenvalue weighted by Crippen LogP contribution is 2.21. The Morgan fingerprint density at radius 2 is 1.70 bits per heavy atom. The van der Waals surface area contributed by atoms with Crippen LogP contribution < -0.4 is 0 Å². The molecule has 1 aromatic carbocycles. The molecule has 23 heavy (non-hydrogen) atoms.